The number of aliphatic hydroxyl groups is 1. The van der Waals surface area contributed by atoms with Crippen LogP contribution in [0.15, 0.2) is 36.9 Å². The molecule has 4 heteroatoms. The monoisotopic (exact) mass is 269 g/mol. The first-order valence-electron chi connectivity index (χ1n) is 6.98. The Labute approximate surface area is 118 Å². The van der Waals surface area contributed by atoms with Crippen LogP contribution >= 0.6 is 0 Å². The Kier molecular flexibility index (Phi) is 3.51. The molecule has 1 heterocycles. The van der Waals surface area contributed by atoms with E-state index in [-0.39, 0.29) is 12.1 Å². The molecule has 0 bridgehead atoms. The molecule has 104 valence electrons. The summed E-state index contributed by atoms with van der Waals surface area (Å²) in [6, 6.07) is 6.32. The van der Waals surface area contributed by atoms with Crippen molar-refractivity contribution in [3.8, 4) is 11.1 Å². The molecular formula is C16H19N3O. The second-order valence-electron chi connectivity index (χ2n) is 5.58. The Hall–Kier alpha value is -1.78. The van der Waals surface area contributed by atoms with Crippen molar-refractivity contribution >= 4 is 0 Å². The lowest BCUT2D eigenvalue weighted by Gasteiger charge is -2.35. The molecule has 4 nitrogen and oxygen atoms in total. The molecule has 3 rings (SSSR count). The first kappa shape index (κ1) is 13.2. The van der Waals surface area contributed by atoms with Crippen LogP contribution in [0.4, 0.5) is 0 Å². The maximum atomic E-state index is 9.17. The van der Waals surface area contributed by atoms with Crippen LogP contribution in [0.3, 0.4) is 0 Å². The molecule has 20 heavy (non-hydrogen) atoms. The Bertz CT molecular complexity index is 600. The van der Waals surface area contributed by atoms with Crippen molar-refractivity contribution in [3.05, 3.63) is 48.0 Å². The molecule has 0 radical (unpaired) electrons. The number of aliphatic hydroxyl groups excluding tert-OH is 1. The van der Waals surface area contributed by atoms with Gasteiger partial charge in [-0.2, -0.15) is 0 Å². The molecule has 0 aliphatic heterocycles. The molecule has 1 aliphatic rings. The summed E-state index contributed by atoms with van der Waals surface area (Å²) >= 11 is 0. The van der Waals surface area contributed by atoms with Gasteiger partial charge in [0.1, 0.15) is 6.33 Å². The molecule has 0 saturated heterocycles. The largest absolute Gasteiger partial charge is 0.396 e. The van der Waals surface area contributed by atoms with Gasteiger partial charge in [0.2, 0.25) is 0 Å². The number of fused-ring (bicyclic) bond motifs is 1. The van der Waals surface area contributed by atoms with E-state index in [9.17, 15) is 0 Å². The highest BCUT2D eigenvalue weighted by atomic mass is 16.3. The molecule has 1 aliphatic carbocycles. The highest BCUT2D eigenvalue weighted by Crippen LogP contribution is 2.35. The fourth-order valence-electron chi connectivity index (χ4n) is 3.08. The quantitative estimate of drug-likeness (QED) is 0.890. The number of hydrogen-bond donors (Lipinski definition) is 2. The van der Waals surface area contributed by atoms with Crippen LogP contribution in [0.1, 0.15) is 24.0 Å². The van der Waals surface area contributed by atoms with Gasteiger partial charge in [0.25, 0.3) is 0 Å². The summed E-state index contributed by atoms with van der Waals surface area (Å²) in [5.74, 6) is 0. The van der Waals surface area contributed by atoms with E-state index in [2.05, 4.69) is 28.2 Å². The number of nitrogens with zero attached hydrogens (tertiary/aromatic N) is 2. The summed E-state index contributed by atoms with van der Waals surface area (Å²) in [7, 11) is 0. The third-order valence-electron chi connectivity index (χ3n) is 4.17. The van der Waals surface area contributed by atoms with Crippen LogP contribution in [0.25, 0.3) is 11.1 Å². The molecule has 1 aromatic carbocycles. The zero-order chi connectivity index (χ0) is 14.0. The van der Waals surface area contributed by atoms with Gasteiger partial charge in [-0.1, -0.05) is 18.2 Å². The fourth-order valence-corrected chi connectivity index (χ4v) is 3.08. The van der Waals surface area contributed by atoms with Crippen LogP contribution in [0, 0.1) is 0 Å². The van der Waals surface area contributed by atoms with Crippen molar-refractivity contribution in [2.24, 2.45) is 5.73 Å². The number of nitrogens with two attached hydrogens (primary N) is 1. The molecule has 1 aromatic heterocycles. The maximum absolute atomic E-state index is 9.17. The number of benzene rings is 1. The molecule has 0 amide bonds. The summed E-state index contributed by atoms with van der Waals surface area (Å²) < 4.78 is 0. The summed E-state index contributed by atoms with van der Waals surface area (Å²) in [6.07, 6.45) is 8.57. The van der Waals surface area contributed by atoms with Gasteiger partial charge < -0.3 is 10.8 Å². The van der Waals surface area contributed by atoms with E-state index >= 15 is 0 Å². The minimum absolute atomic E-state index is 0.151. The highest BCUT2D eigenvalue weighted by molar-refractivity contribution is 5.68. The van der Waals surface area contributed by atoms with Gasteiger partial charge in [-0.25, -0.2) is 9.97 Å². The van der Waals surface area contributed by atoms with Crippen LogP contribution in [0.2, 0.25) is 0 Å². The predicted octanol–water partition coefficient (Wildman–Crippen LogP) is 1.71. The first-order chi connectivity index (χ1) is 9.72. The summed E-state index contributed by atoms with van der Waals surface area (Å²) in [4.78, 5) is 8.20. The lowest BCUT2D eigenvalue weighted by atomic mass is 9.75. The van der Waals surface area contributed by atoms with Crippen LogP contribution in [-0.4, -0.2) is 27.2 Å². The standard InChI is InChI=1S/C16H19N3O/c17-16(6-7-20)5-4-15-12(8-16)2-1-3-14(15)13-9-18-11-19-10-13/h1-3,9-11,20H,4-8,17H2. The minimum atomic E-state index is -0.270. The number of aromatic nitrogens is 2. The number of rotatable bonds is 3. The zero-order valence-corrected chi connectivity index (χ0v) is 11.4. The van der Waals surface area contributed by atoms with E-state index in [1.165, 1.54) is 16.7 Å². The third kappa shape index (κ3) is 2.44. The number of hydrogen-bond acceptors (Lipinski definition) is 4. The van der Waals surface area contributed by atoms with Crippen molar-refractivity contribution in [2.45, 2.75) is 31.2 Å². The van der Waals surface area contributed by atoms with Gasteiger partial charge in [-0.15, -0.1) is 0 Å². The van der Waals surface area contributed by atoms with Crippen molar-refractivity contribution in [1.82, 2.24) is 9.97 Å². The van der Waals surface area contributed by atoms with E-state index in [1.54, 1.807) is 6.33 Å². The first-order valence-corrected chi connectivity index (χ1v) is 6.98. The van der Waals surface area contributed by atoms with Gasteiger partial charge in [0, 0.05) is 30.1 Å². The second-order valence-corrected chi connectivity index (χ2v) is 5.58. The SMILES string of the molecule is NC1(CCO)CCc2c(cccc2-c2cncnc2)C1. The molecule has 0 spiro atoms. The third-order valence-corrected chi connectivity index (χ3v) is 4.17. The molecule has 3 N–H and O–H groups in total. The summed E-state index contributed by atoms with van der Waals surface area (Å²) in [5.41, 5.74) is 11.0. The average Bonchev–Trinajstić information content (AvgIpc) is 2.47. The zero-order valence-electron chi connectivity index (χ0n) is 11.4. The highest BCUT2D eigenvalue weighted by Gasteiger charge is 2.30. The van der Waals surface area contributed by atoms with Gasteiger partial charge in [0.15, 0.2) is 0 Å². The van der Waals surface area contributed by atoms with E-state index in [0.29, 0.717) is 6.42 Å². The molecule has 1 atom stereocenters. The summed E-state index contributed by atoms with van der Waals surface area (Å²) in [6.45, 7) is 0.151. The fraction of sp³-hybridized carbons (Fsp3) is 0.375. The predicted molar refractivity (Wildman–Crippen MR) is 78.1 cm³/mol. The van der Waals surface area contributed by atoms with Gasteiger partial charge in [-0.05, 0) is 42.4 Å². The minimum Gasteiger partial charge on any atom is -0.396 e. The smallest absolute Gasteiger partial charge is 0.115 e. The van der Waals surface area contributed by atoms with Crippen molar-refractivity contribution in [2.75, 3.05) is 6.61 Å². The van der Waals surface area contributed by atoms with Crippen molar-refractivity contribution in [3.63, 3.8) is 0 Å². The topological polar surface area (TPSA) is 72.0 Å². The molecule has 0 saturated carbocycles. The van der Waals surface area contributed by atoms with Gasteiger partial charge in [0.05, 0.1) is 0 Å². The summed E-state index contributed by atoms with van der Waals surface area (Å²) in [5, 5.41) is 9.17. The normalized spacial score (nSPS) is 21.5. The van der Waals surface area contributed by atoms with Gasteiger partial charge in [-0.3, -0.25) is 0 Å². The van der Waals surface area contributed by atoms with Crippen LogP contribution in [-0.2, 0) is 12.8 Å². The van der Waals surface area contributed by atoms with E-state index in [1.807, 2.05) is 12.4 Å². The van der Waals surface area contributed by atoms with Crippen LogP contribution in [0.5, 0.6) is 0 Å². The van der Waals surface area contributed by atoms with E-state index < -0.39 is 0 Å². The molecular weight excluding hydrogens is 250 g/mol. The Morgan fingerprint density at radius 1 is 1.25 bits per heavy atom. The molecule has 0 fully saturated rings. The Morgan fingerprint density at radius 2 is 2.05 bits per heavy atom. The Balaban J connectivity index is 1.99. The Morgan fingerprint density at radius 3 is 2.80 bits per heavy atom. The van der Waals surface area contributed by atoms with Crippen molar-refractivity contribution in [1.29, 1.82) is 0 Å². The van der Waals surface area contributed by atoms with Crippen LogP contribution < -0.4 is 5.73 Å². The lowest BCUT2D eigenvalue weighted by Crippen LogP contribution is -2.45. The molecule has 1 unspecified atom stereocenters. The van der Waals surface area contributed by atoms with Gasteiger partial charge >= 0.3 is 0 Å². The van der Waals surface area contributed by atoms with Crippen molar-refractivity contribution < 1.29 is 5.11 Å². The average molecular weight is 269 g/mol. The molecule has 2 aromatic rings. The maximum Gasteiger partial charge on any atom is 0.115 e. The van der Waals surface area contributed by atoms with E-state index in [4.69, 9.17) is 10.8 Å². The lowest BCUT2D eigenvalue weighted by molar-refractivity contribution is 0.225. The van der Waals surface area contributed by atoms with E-state index in [0.717, 1.165) is 24.8 Å². The second kappa shape index (κ2) is 5.31.